The minimum absolute atomic E-state index is 0.0795. The van der Waals surface area contributed by atoms with Crippen LogP contribution in [0.2, 0.25) is 0 Å². The number of carbonyl (C=O) groups excluding carboxylic acids is 1. The first kappa shape index (κ1) is 21.3. The van der Waals surface area contributed by atoms with Crippen molar-refractivity contribution in [3.8, 4) is 0 Å². The molecule has 0 bridgehead atoms. The molecule has 2 rings (SSSR count). The fourth-order valence-corrected chi connectivity index (χ4v) is 4.36. The van der Waals surface area contributed by atoms with Crippen molar-refractivity contribution in [2.75, 3.05) is 13.6 Å². The molecule has 25 heavy (non-hydrogen) atoms. The van der Waals surface area contributed by atoms with Crippen molar-refractivity contribution in [1.29, 1.82) is 0 Å². The number of carbonyl (C=O) groups is 1. The summed E-state index contributed by atoms with van der Waals surface area (Å²) in [6.07, 6.45) is 4.92. The summed E-state index contributed by atoms with van der Waals surface area (Å²) in [5.74, 6) is -0.215. The molecule has 2 saturated heterocycles. The monoisotopic (exact) mass is 392 g/mol. The minimum atomic E-state index is -0.506. The third-order valence-electron chi connectivity index (χ3n) is 4.98. The molecule has 2 aliphatic rings. The average Bonchev–Trinajstić information content (AvgIpc) is 2.82. The van der Waals surface area contributed by atoms with E-state index in [0.717, 1.165) is 19.4 Å². The number of alkyl halides is 1. The fourth-order valence-electron chi connectivity index (χ4n) is 3.66. The van der Waals surface area contributed by atoms with E-state index in [0.29, 0.717) is 12.5 Å². The summed E-state index contributed by atoms with van der Waals surface area (Å²) in [4.78, 5) is 15.1. The zero-order valence-corrected chi connectivity index (χ0v) is 17.8. The Balaban J connectivity index is 2.14. The first-order valence-electron chi connectivity index (χ1n) is 9.21. The van der Waals surface area contributed by atoms with E-state index < -0.39 is 5.60 Å². The molecule has 146 valence electrons. The maximum Gasteiger partial charge on any atom is 0.314 e. The van der Waals surface area contributed by atoms with Gasteiger partial charge in [0.2, 0.25) is 0 Å². The van der Waals surface area contributed by atoms with E-state index in [2.05, 4.69) is 26.6 Å². The standard InChI is InChI=1S/C17H34ClN4O2P/c1-17(2,3)24-16(23)15(25)12(22-14(19)10-13(18)20-22)9-11-7-5-6-8-21(11)4/h11-15,20H,5-10,19,25H2,1-4H3/t11-,12?,13?,14?,15?/m1/s1. The molecule has 0 amide bonds. The van der Waals surface area contributed by atoms with Gasteiger partial charge in [0.05, 0.1) is 17.3 Å². The summed E-state index contributed by atoms with van der Waals surface area (Å²) in [7, 11) is 4.84. The highest BCUT2D eigenvalue weighted by Gasteiger charge is 2.41. The number of likely N-dealkylation sites (tertiary alicyclic amines) is 1. The number of rotatable bonds is 5. The van der Waals surface area contributed by atoms with E-state index in [1.165, 1.54) is 12.8 Å². The van der Waals surface area contributed by atoms with Gasteiger partial charge in [-0.1, -0.05) is 6.42 Å². The average molecular weight is 393 g/mol. The summed E-state index contributed by atoms with van der Waals surface area (Å²) in [5, 5.41) is 1.97. The highest BCUT2D eigenvalue weighted by molar-refractivity contribution is 7.19. The number of nitrogens with one attached hydrogen (secondary N) is 1. The molecule has 6 atom stereocenters. The summed E-state index contributed by atoms with van der Waals surface area (Å²) >= 11 is 6.24. The second kappa shape index (κ2) is 8.81. The highest BCUT2D eigenvalue weighted by atomic mass is 35.5. The van der Waals surface area contributed by atoms with E-state index in [4.69, 9.17) is 22.1 Å². The Morgan fingerprint density at radius 1 is 1.44 bits per heavy atom. The van der Waals surface area contributed by atoms with Gasteiger partial charge in [0, 0.05) is 18.5 Å². The van der Waals surface area contributed by atoms with Gasteiger partial charge in [0.15, 0.2) is 0 Å². The van der Waals surface area contributed by atoms with E-state index in [-0.39, 0.29) is 29.3 Å². The smallest absolute Gasteiger partial charge is 0.314 e. The van der Waals surface area contributed by atoms with Gasteiger partial charge in [-0.3, -0.25) is 4.79 Å². The summed E-state index contributed by atoms with van der Waals surface area (Å²) in [6, 6.07) is 0.358. The zero-order chi connectivity index (χ0) is 18.8. The third-order valence-corrected chi connectivity index (χ3v) is 5.97. The molecule has 8 heteroatoms. The molecule has 3 N–H and O–H groups in total. The largest absolute Gasteiger partial charge is 0.459 e. The normalized spacial score (nSPS) is 31.7. The molecule has 0 aromatic heterocycles. The minimum Gasteiger partial charge on any atom is -0.459 e. The van der Waals surface area contributed by atoms with Crippen molar-refractivity contribution in [3.05, 3.63) is 0 Å². The number of nitrogens with two attached hydrogens (primary N) is 1. The molecule has 6 nitrogen and oxygen atoms in total. The lowest BCUT2D eigenvalue weighted by molar-refractivity contribution is -0.156. The molecule has 0 aromatic carbocycles. The number of hydrazine groups is 1. The number of ether oxygens (including phenoxy) is 1. The van der Waals surface area contributed by atoms with Crippen LogP contribution in [0.5, 0.6) is 0 Å². The van der Waals surface area contributed by atoms with Crippen molar-refractivity contribution in [3.63, 3.8) is 0 Å². The van der Waals surface area contributed by atoms with Crippen LogP contribution in [-0.2, 0) is 9.53 Å². The number of piperidine rings is 1. The number of halogens is 1. The molecule has 0 aromatic rings. The first-order chi connectivity index (χ1) is 11.6. The number of nitrogens with zero attached hydrogens (tertiary/aromatic N) is 2. The van der Waals surface area contributed by atoms with Gasteiger partial charge in [-0.25, -0.2) is 10.4 Å². The van der Waals surface area contributed by atoms with Crippen LogP contribution >= 0.6 is 20.8 Å². The van der Waals surface area contributed by atoms with Gasteiger partial charge >= 0.3 is 5.97 Å². The first-order valence-corrected chi connectivity index (χ1v) is 10.3. The van der Waals surface area contributed by atoms with Crippen LogP contribution in [0, 0.1) is 0 Å². The Kier molecular flexibility index (Phi) is 7.52. The van der Waals surface area contributed by atoms with E-state index >= 15 is 0 Å². The Morgan fingerprint density at radius 3 is 2.64 bits per heavy atom. The molecule has 0 radical (unpaired) electrons. The molecule has 0 saturated carbocycles. The van der Waals surface area contributed by atoms with Gasteiger partial charge < -0.3 is 15.4 Å². The van der Waals surface area contributed by atoms with Crippen molar-refractivity contribution < 1.29 is 9.53 Å². The van der Waals surface area contributed by atoms with Crippen molar-refractivity contribution >= 4 is 26.8 Å². The fraction of sp³-hybridized carbons (Fsp3) is 0.941. The van der Waals surface area contributed by atoms with Crippen LogP contribution in [-0.4, -0.2) is 64.5 Å². The van der Waals surface area contributed by atoms with Crippen LogP contribution in [0.1, 0.15) is 52.9 Å². The Morgan fingerprint density at radius 2 is 2.12 bits per heavy atom. The highest BCUT2D eigenvalue weighted by Crippen LogP contribution is 2.29. The van der Waals surface area contributed by atoms with Gasteiger partial charge in [-0.05, 0) is 53.6 Å². The van der Waals surface area contributed by atoms with Crippen molar-refractivity contribution in [2.45, 2.75) is 87.9 Å². The quantitative estimate of drug-likeness (QED) is 0.322. The van der Waals surface area contributed by atoms with Gasteiger partial charge in [0.1, 0.15) is 5.60 Å². The molecule has 0 aliphatic carbocycles. The predicted octanol–water partition coefficient (Wildman–Crippen LogP) is 1.87. The van der Waals surface area contributed by atoms with E-state index in [1.807, 2.05) is 25.8 Å². The van der Waals surface area contributed by atoms with E-state index in [9.17, 15) is 4.79 Å². The second-order valence-corrected chi connectivity index (χ2v) is 9.54. The summed E-state index contributed by atoms with van der Waals surface area (Å²) in [6.45, 7) is 6.77. The third kappa shape index (κ3) is 6.02. The van der Waals surface area contributed by atoms with Crippen LogP contribution in [0.25, 0.3) is 0 Å². The topological polar surface area (TPSA) is 70.8 Å². The molecular weight excluding hydrogens is 359 g/mol. The lowest BCUT2D eigenvalue weighted by Crippen LogP contribution is -2.57. The SMILES string of the molecule is CN1CCCC[C@@H]1CC(C(P)C(=O)OC(C)(C)C)N1NC(Cl)CC1N. The maximum atomic E-state index is 12.7. The Labute approximate surface area is 159 Å². The van der Waals surface area contributed by atoms with Crippen molar-refractivity contribution in [2.24, 2.45) is 5.73 Å². The molecular formula is C17H34ClN4O2P. The predicted molar refractivity (Wildman–Crippen MR) is 105 cm³/mol. The Bertz CT molecular complexity index is 462. The number of esters is 1. The van der Waals surface area contributed by atoms with Gasteiger partial charge in [-0.2, -0.15) is 0 Å². The van der Waals surface area contributed by atoms with Crippen LogP contribution in [0.15, 0.2) is 0 Å². The number of hydrogen-bond acceptors (Lipinski definition) is 6. The summed E-state index contributed by atoms with van der Waals surface area (Å²) < 4.78 is 5.62. The number of hydrogen-bond donors (Lipinski definition) is 2. The van der Waals surface area contributed by atoms with Crippen LogP contribution < -0.4 is 11.2 Å². The molecule has 0 spiro atoms. The van der Waals surface area contributed by atoms with Gasteiger partial charge in [0.25, 0.3) is 0 Å². The lowest BCUT2D eigenvalue weighted by atomic mass is 9.94. The zero-order valence-electron chi connectivity index (χ0n) is 15.9. The summed E-state index contributed by atoms with van der Waals surface area (Å²) in [5.41, 5.74) is 8.45. The van der Waals surface area contributed by atoms with Crippen LogP contribution in [0.3, 0.4) is 0 Å². The molecule has 2 aliphatic heterocycles. The Hall–Kier alpha value is 0.0300. The molecule has 5 unspecified atom stereocenters. The second-order valence-electron chi connectivity index (χ2n) is 8.30. The van der Waals surface area contributed by atoms with E-state index in [1.54, 1.807) is 0 Å². The molecule has 2 fully saturated rings. The lowest BCUT2D eigenvalue weighted by Gasteiger charge is -2.40. The van der Waals surface area contributed by atoms with Crippen molar-refractivity contribution in [1.82, 2.24) is 15.3 Å². The molecule has 2 heterocycles. The van der Waals surface area contributed by atoms with Gasteiger partial charge in [-0.15, -0.1) is 20.8 Å². The maximum absolute atomic E-state index is 12.7. The van der Waals surface area contributed by atoms with Crippen LogP contribution in [0.4, 0.5) is 0 Å².